The Labute approximate surface area is 850 Å². The maximum atomic E-state index is 2.63. The second-order valence-corrected chi connectivity index (χ2v) is 45.7. The zero-order valence-corrected chi connectivity index (χ0v) is 82.5. The van der Waals surface area contributed by atoms with E-state index in [1.165, 1.54) is 259 Å². The van der Waals surface area contributed by atoms with E-state index in [1.54, 1.807) is 33.4 Å². The Kier molecular flexibility index (Phi) is 20.3. The molecule has 0 atom stereocenters. The van der Waals surface area contributed by atoms with Crippen LogP contribution in [0.1, 0.15) is 155 Å². The molecular formula is C141H121N3. The van der Waals surface area contributed by atoms with Gasteiger partial charge in [0.05, 0.1) is 22.7 Å². The van der Waals surface area contributed by atoms with Crippen molar-refractivity contribution in [3.05, 3.63) is 487 Å². The molecule has 3 nitrogen and oxygen atoms in total. The van der Waals surface area contributed by atoms with Gasteiger partial charge in [-0.15, -0.1) is 0 Å². The molecule has 0 amide bonds. The summed E-state index contributed by atoms with van der Waals surface area (Å²) in [5.74, 6) is 9.72. The van der Waals surface area contributed by atoms with Crippen LogP contribution >= 0.6 is 0 Å². The second kappa shape index (κ2) is 34.0. The third kappa shape index (κ3) is 13.3. The summed E-state index contributed by atoms with van der Waals surface area (Å²) in [6.45, 7) is 4.81. The highest BCUT2D eigenvalue weighted by Gasteiger charge is 2.66. The van der Waals surface area contributed by atoms with Crippen LogP contribution in [-0.4, -0.2) is 0 Å². The summed E-state index contributed by atoms with van der Waals surface area (Å²) in [5, 5.41) is 0. The lowest BCUT2D eigenvalue weighted by atomic mass is 9.43. The molecular weight excluding hydrogens is 1740 g/mol. The molecule has 16 aliphatic carbocycles. The highest BCUT2D eigenvalue weighted by atomic mass is 15.2. The Bertz CT molecular complexity index is 7800. The second-order valence-electron chi connectivity index (χ2n) is 45.7. The van der Waals surface area contributed by atoms with Crippen LogP contribution in [0.25, 0.3) is 100 Å². The van der Waals surface area contributed by atoms with Gasteiger partial charge in [-0.05, 0) is 391 Å². The van der Waals surface area contributed by atoms with Crippen LogP contribution in [0.3, 0.4) is 0 Å². The summed E-state index contributed by atoms with van der Waals surface area (Å²) in [6.07, 6.45) is 20.9. The fourth-order valence-corrected chi connectivity index (χ4v) is 33.5. The van der Waals surface area contributed by atoms with Gasteiger partial charge in [0, 0.05) is 55.7 Å². The first-order valence-electron chi connectivity index (χ1n) is 54.2. The number of hydrogen-bond donors (Lipinski definition) is 0. The van der Waals surface area contributed by atoms with Crippen LogP contribution in [0, 0.1) is 71.0 Å². The zero-order valence-electron chi connectivity index (χ0n) is 82.5. The number of nitrogens with zero attached hydrogens (tertiary/aromatic N) is 3. The lowest BCUT2D eigenvalue weighted by molar-refractivity contribution is -0.0397. The van der Waals surface area contributed by atoms with Gasteiger partial charge in [0.1, 0.15) is 0 Å². The van der Waals surface area contributed by atoms with Gasteiger partial charge in [0.15, 0.2) is 0 Å². The largest absolute Gasteiger partial charge is 0.310 e. The molecule has 0 saturated heterocycles. The molecule has 0 radical (unpaired) electrons. The molecule has 0 aromatic heterocycles. The van der Waals surface area contributed by atoms with Crippen molar-refractivity contribution < 1.29 is 0 Å². The maximum Gasteiger partial charge on any atom is 0.0540 e. The van der Waals surface area contributed by atoms with E-state index >= 15 is 0 Å². The highest BCUT2D eigenvalue weighted by molar-refractivity contribution is 5.99. The Morgan fingerprint density at radius 2 is 0.382 bits per heavy atom. The number of rotatable bonds is 14. The van der Waals surface area contributed by atoms with Gasteiger partial charge in [0.25, 0.3) is 0 Å². The third-order valence-electron chi connectivity index (χ3n) is 38.3. The lowest BCUT2D eigenvalue weighted by Crippen LogP contribution is -2.55. The molecule has 3 spiro atoms. The molecule has 0 aliphatic heterocycles. The highest BCUT2D eigenvalue weighted by Crippen LogP contribution is 2.76. The van der Waals surface area contributed by atoms with Gasteiger partial charge >= 0.3 is 0 Å². The maximum absolute atomic E-state index is 2.63. The Balaban J connectivity index is 0.000000103. The van der Waals surface area contributed by atoms with E-state index in [9.17, 15) is 0 Å². The SMILES string of the molecule is CC1(C)c2ccccc2-c2ccc(N(c3ccc(-c4ccccc4)cc3)c3cccc4c3C3(c5ccccc5-4)C4CC5CC(C4)CC3C5)cc21.c1ccc(-c2ccc(N(c3ccc(-c4ccccc4)cc3)c3cccc4c3C3(c5ccccc5-4)C4CC5CC(C4)CC3C5)cc2)cc1.c1ccc(-c2ccc(N(c3ccccc3-c3ccccc3)c3cccc4c3C3(c5ccccc5-4)C4CC5CC(C4)CC3C5)cc2)cc1. The summed E-state index contributed by atoms with van der Waals surface area (Å²) in [4.78, 5) is 7.81. The standard InChI is InChI=1S/C49H43N.2C46H39N/c1-48(2)43-16-8-6-13-39(43)41-24-23-38(30-45(41)48)50(37-21-19-34(20-22-37)33-11-4-3-5-12-33)46-18-10-15-42-40-14-7-9-17-44(40)49(47(42)46)35-26-31-25-32(28-35)29-36(49)27-31;1-3-12-33(13-4-1)34-22-24-38(25-23-34)47(43-20-10-8-16-39(43)35-14-5-2-6-15-35)44-21-11-18-41-40-17-7-9-19-42(40)46(45(41)44)36-27-31-26-32(29-36)30-37(46)28-31;1-3-10-33(11-4-1)35-18-22-39(23-19-35)47(40-24-20-36(21-25-40)34-12-5-2-6-13-34)44-17-9-15-42-41-14-7-8-16-43(41)46(45(42)44)37-27-31-26-32(29-37)30-38(46)28-31/h3-24,30-32,35-36H,25-29H2,1-2H3;1-25,31-32,36-37H,26-30H2;1-25,31-32,37-38H,26-30H2. The van der Waals surface area contributed by atoms with Gasteiger partial charge in [-0.3, -0.25) is 0 Å². The smallest absolute Gasteiger partial charge is 0.0540 e. The van der Waals surface area contributed by atoms with Gasteiger partial charge in [-0.2, -0.15) is 0 Å². The topological polar surface area (TPSA) is 9.72 Å². The molecule has 18 aromatic rings. The van der Waals surface area contributed by atoms with Crippen molar-refractivity contribution in [1.82, 2.24) is 0 Å². The molecule has 18 aromatic carbocycles. The number of benzene rings is 18. The van der Waals surface area contributed by atoms with Crippen LogP contribution in [0.4, 0.5) is 51.2 Å². The predicted octanol–water partition coefficient (Wildman–Crippen LogP) is 37.3. The van der Waals surface area contributed by atoms with Crippen LogP contribution in [0.2, 0.25) is 0 Å². The number of para-hydroxylation sites is 1. The van der Waals surface area contributed by atoms with E-state index in [4.69, 9.17) is 0 Å². The van der Waals surface area contributed by atoms with Crippen molar-refractivity contribution in [2.75, 3.05) is 14.7 Å². The van der Waals surface area contributed by atoms with Gasteiger partial charge < -0.3 is 14.7 Å². The van der Waals surface area contributed by atoms with Crippen molar-refractivity contribution in [2.24, 2.45) is 71.0 Å². The van der Waals surface area contributed by atoms with Gasteiger partial charge in [-0.1, -0.05) is 372 Å². The van der Waals surface area contributed by atoms with Crippen molar-refractivity contribution in [3.8, 4) is 100 Å². The molecule has 0 heterocycles. The van der Waals surface area contributed by atoms with Crippen LogP contribution in [0.15, 0.2) is 443 Å². The normalized spacial score (nSPS) is 25.0. The molecule has 3 heteroatoms. The van der Waals surface area contributed by atoms with Crippen LogP contribution < -0.4 is 14.7 Å². The minimum absolute atomic E-state index is 0.0672. The predicted molar refractivity (Wildman–Crippen MR) is 598 cm³/mol. The van der Waals surface area contributed by atoms with Crippen molar-refractivity contribution >= 4 is 51.2 Å². The van der Waals surface area contributed by atoms with Gasteiger partial charge in [-0.25, -0.2) is 0 Å². The molecule has 0 N–H and O–H groups in total. The first kappa shape index (κ1) is 86.1. The minimum atomic E-state index is -0.0672. The summed E-state index contributed by atoms with van der Waals surface area (Å²) in [5.41, 5.74) is 48.0. The number of hydrogen-bond acceptors (Lipinski definition) is 3. The molecule has 0 unspecified atom stereocenters. The molecule has 700 valence electrons. The van der Waals surface area contributed by atoms with E-state index in [2.05, 4.69) is 471 Å². The van der Waals surface area contributed by atoms with E-state index in [-0.39, 0.29) is 21.7 Å². The third-order valence-corrected chi connectivity index (χ3v) is 38.3. The summed E-state index contributed by atoms with van der Waals surface area (Å²) in [7, 11) is 0. The number of fused-ring (bicyclic) bond motifs is 12. The average Bonchev–Trinajstić information content (AvgIpc) is 1.54. The average molecular weight is 1860 g/mol. The Morgan fingerprint density at radius 3 is 0.708 bits per heavy atom. The molecule has 12 bridgehead atoms. The van der Waals surface area contributed by atoms with Crippen molar-refractivity contribution in [3.63, 3.8) is 0 Å². The zero-order chi connectivity index (χ0) is 95.1. The van der Waals surface area contributed by atoms with Gasteiger partial charge in [0.2, 0.25) is 0 Å². The Hall–Kier alpha value is -14.6. The van der Waals surface area contributed by atoms with Crippen molar-refractivity contribution in [1.29, 1.82) is 0 Å². The molecule has 34 rings (SSSR count). The fraction of sp³-hybridized carbons (Fsp3) is 0.234. The lowest BCUT2D eigenvalue weighted by Gasteiger charge is -2.61. The summed E-state index contributed by atoms with van der Waals surface area (Å²) < 4.78 is 0. The van der Waals surface area contributed by atoms with Crippen molar-refractivity contribution in [2.45, 2.75) is 132 Å². The first-order valence-corrected chi connectivity index (χ1v) is 54.2. The quantitative estimate of drug-likeness (QED) is 0.107. The minimum Gasteiger partial charge on any atom is -0.310 e. The molecule has 144 heavy (non-hydrogen) atoms. The monoisotopic (exact) mass is 1860 g/mol. The van der Waals surface area contributed by atoms with Crippen LogP contribution in [0.5, 0.6) is 0 Å². The molecule has 12 saturated carbocycles. The summed E-state index contributed by atoms with van der Waals surface area (Å²) in [6, 6.07) is 167. The fourth-order valence-electron chi connectivity index (χ4n) is 33.5. The van der Waals surface area contributed by atoms with E-state index in [0.29, 0.717) is 35.5 Å². The Morgan fingerprint density at radius 1 is 0.160 bits per heavy atom. The van der Waals surface area contributed by atoms with E-state index in [0.717, 1.165) is 35.5 Å². The van der Waals surface area contributed by atoms with E-state index in [1.807, 2.05) is 0 Å². The van der Waals surface area contributed by atoms with Crippen LogP contribution in [-0.2, 0) is 21.7 Å². The first-order chi connectivity index (χ1) is 71.1. The molecule has 12 fully saturated rings. The summed E-state index contributed by atoms with van der Waals surface area (Å²) >= 11 is 0. The number of anilines is 9. The van der Waals surface area contributed by atoms with E-state index < -0.39 is 0 Å². The molecule has 16 aliphatic rings.